The number of rotatable bonds is 4. The van der Waals surface area contributed by atoms with E-state index in [1.165, 1.54) is 35.0 Å². The van der Waals surface area contributed by atoms with Crippen LogP contribution in [0.2, 0.25) is 0 Å². The van der Waals surface area contributed by atoms with Crippen LogP contribution >= 0.6 is 23.1 Å². The van der Waals surface area contributed by atoms with Gasteiger partial charge in [-0.15, -0.1) is 11.3 Å². The Kier molecular flexibility index (Phi) is 4.24. The average Bonchev–Trinajstić information content (AvgIpc) is 2.99. The number of aliphatic carboxylic acids is 1. The van der Waals surface area contributed by atoms with Crippen molar-refractivity contribution in [1.29, 1.82) is 0 Å². The van der Waals surface area contributed by atoms with Crippen LogP contribution in [0.25, 0.3) is 21.6 Å². The number of fused-ring (bicyclic) bond motifs is 3. The molecule has 122 valence electrons. The summed E-state index contributed by atoms with van der Waals surface area (Å²) >= 11 is 2.97. The van der Waals surface area contributed by atoms with Crippen molar-refractivity contribution >= 4 is 39.3 Å². The Balaban J connectivity index is 1.89. The lowest BCUT2D eigenvalue weighted by atomic mass is 9.97. The van der Waals surface area contributed by atoms with Crippen LogP contribution in [0.1, 0.15) is 23.3 Å². The Morgan fingerprint density at radius 2 is 1.96 bits per heavy atom. The Morgan fingerprint density at radius 3 is 2.75 bits per heavy atom. The molecule has 1 aliphatic carbocycles. The first-order chi connectivity index (χ1) is 11.7. The van der Waals surface area contributed by atoms with E-state index in [1.54, 1.807) is 11.3 Å². The maximum atomic E-state index is 10.9. The standard InChI is InChI=1S/C18H16N2O2S2/c21-14(22)10-23-17-15-12-8-4-5-9-13(12)24-18(15)20-16(19-17)11-6-2-1-3-7-11/h1-3,6-7H,4-5,8-10H2,(H,21,22)/p-1. The molecule has 0 saturated carbocycles. The van der Waals surface area contributed by atoms with E-state index < -0.39 is 5.97 Å². The second kappa shape index (κ2) is 6.53. The summed E-state index contributed by atoms with van der Waals surface area (Å²) in [4.78, 5) is 22.7. The Labute approximate surface area is 148 Å². The lowest BCUT2D eigenvalue weighted by Crippen LogP contribution is -2.24. The van der Waals surface area contributed by atoms with Gasteiger partial charge < -0.3 is 9.90 Å². The van der Waals surface area contributed by atoms with Crippen LogP contribution in [0.3, 0.4) is 0 Å². The number of aromatic nitrogens is 2. The van der Waals surface area contributed by atoms with Gasteiger partial charge in [0.15, 0.2) is 5.82 Å². The largest absolute Gasteiger partial charge is 0.549 e. The van der Waals surface area contributed by atoms with E-state index in [-0.39, 0.29) is 5.75 Å². The van der Waals surface area contributed by atoms with Gasteiger partial charge in [0.05, 0.1) is 5.97 Å². The van der Waals surface area contributed by atoms with E-state index in [4.69, 9.17) is 9.97 Å². The maximum Gasteiger partial charge on any atom is 0.162 e. The molecule has 1 aliphatic rings. The molecule has 2 aromatic heterocycles. The molecule has 0 amide bonds. The third-order valence-electron chi connectivity index (χ3n) is 4.14. The van der Waals surface area contributed by atoms with Gasteiger partial charge in [0.2, 0.25) is 0 Å². The molecule has 0 N–H and O–H groups in total. The summed E-state index contributed by atoms with van der Waals surface area (Å²) in [7, 11) is 0. The van der Waals surface area contributed by atoms with Crippen LogP contribution in [0, 0.1) is 0 Å². The van der Waals surface area contributed by atoms with Gasteiger partial charge in [-0.3, -0.25) is 0 Å². The highest BCUT2D eigenvalue weighted by atomic mass is 32.2. The summed E-state index contributed by atoms with van der Waals surface area (Å²) in [6.07, 6.45) is 4.49. The topological polar surface area (TPSA) is 65.9 Å². The second-order valence-corrected chi connectivity index (χ2v) is 7.82. The molecule has 4 nitrogen and oxygen atoms in total. The first-order valence-corrected chi connectivity index (χ1v) is 9.73. The number of carbonyl (C=O) groups is 1. The number of thiophene rings is 1. The van der Waals surface area contributed by atoms with E-state index in [0.717, 1.165) is 33.6 Å². The number of thioether (sulfide) groups is 1. The summed E-state index contributed by atoms with van der Waals surface area (Å²) in [6, 6.07) is 9.81. The third kappa shape index (κ3) is 2.91. The first kappa shape index (κ1) is 15.6. The van der Waals surface area contributed by atoms with Crippen molar-refractivity contribution in [3.63, 3.8) is 0 Å². The summed E-state index contributed by atoms with van der Waals surface area (Å²) in [5.41, 5.74) is 2.27. The minimum atomic E-state index is -1.07. The first-order valence-electron chi connectivity index (χ1n) is 7.93. The molecule has 24 heavy (non-hydrogen) atoms. The Hall–Kier alpha value is -1.92. The van der Waals surface area contributed by atoms with Gasteiger partial charge in [-0.05, 0) is 31.2 Å². The predicted octanol–water partition coefficient (Wildman–Crippen LogP) is 3.08. The molecule has 0 aliphatic heterocycles. The maximum absolute atomic E-state index is 10.9. The van der Waals surface area contributed by atoms with E-state index in [1.807, 2.05) is 30.3 Å². The molecule has 1 aromatic carbocycles. The molecular weight excluding hydrogens is 340 g/mol. The molecule has 0 saturated heterocycles. The molecule has 0 fully saturated rings. The normalized spacial score (nSPS) is 13.8. The monoisotopic (exact) mass is 355 g/mol. The van der Waals surface area contributed by atoms with E-state index in [9.17, 15) is 9.90 Å². The number of aryl methyl sites for hydroxylation is 2. The average molecular weight is 355 g/mol. The predicted molar refractivity (Wildman–Crippen MR) is 95.2 cm³/mol. The second-order valence-electron chi connectivity index (χ2n) is 5.77. The van der Waals surface area contributed by atoms with Crippen LogP contribution in [-0.4, -0.2) is 21.7 Å². The fourth-order valence-electron chi connectivity index (χ4n) is 3.07. The van der Waals surface area contributed by atoms with Crippen molar-refractivity contribution in [3.05, 3.63) is 40.8 Å². The summed E-state index contributed by atoms with van der Waals surface area (Å²) < 4.78 is 0. The third-order valence-corrected chi connectivity index (χ3v) is 6.27. The zero-order chi connectivity index (χ0) is 16.5. The highest BCUT2D eigenvalue weighted by Crippen LogP contribution is 2.40. The molecule has 0 bridgehead atoms. The minimum Gasteiger partial charge on any atom is -0.549 e. The van der Waals surface area contributed by atoms with Crippen molar-refractivity contribution in [2.45, 2.75) is 30.7 Å². The number of carboxylic acid groups (broad SMARTS) is 1. The fraction of sp³-hybridized carbons (Fsp3) is 0.278. The summed E-state index contributed by atoms with van der Waals surface area (Å²) in [5.74, 6) is -0.509. The highest BCUT2D eigenvalue weighted by molar-refractivity contribution is 8.00. The van der Waals surface area contributed by atoms with Gasteiger partial charge >= 0.3 is 0 Å². The zero-order valence-corrected chi connectivity index (χ0v) is 14.6. The number of carbonyl (C=O) groups excluding carboxylic acids is 1. The number of benzene rings is 1. The smallest absolute Gasteiger partial charge is 0.162 e. The van der Waals surface area contributed by atoms with Gasteiger partial charge in [-0.2, -0.15) is 0 Å². The molecule has 0 radical (unpaired) electrons. The van der Waals surface area contributed by atoms with Gasteiger partial charge in [-0.25, -0.2) is 9.97 Å². The van der Waals surface area contributed by atoms with E-state index in [2.05, 4.69) is 0 Å². The van der Waals surface area contributed by atoms with Crippen molar-refractivity contribution in [1.82, 2.24) is 9.97 Å². The SMILES string of the molecule is O=C([O-])CSc1nc(-c2ccccc2)nc2sc3c(c12)CCCC3. The summed E-state index contributed by atoms with van der Waals surface area (Å²) in [6.45, 7) is 0. The molecular formula is C18H15N2O2S2-. The molecule has 2 heterocycles. The van der Waals surface area contributed by atoms with Crippen LogP contribution in [-0.2, 0) is 17.6 Å². The fourth-order valence-corrected chi connectivity index (χ4v) is 5.17. The van der Waals surface area contributed by atoms with Crippen molar-refractivity contribution in [3.8, 4) is 11.4 Å². The number of hydrogen-bond acceptors (Lipinski definition) is 6. The molecule has 3 aromatic rings. The summed E-state index contributed by atoms with van der Waals surface area (Å²) in [5, 5.41) is 12.7. The number of hydrogen-bond donors (Lipinski definition) is 0. The van der Waals surface area contributed by atoms with Crippen LogP contribution in [0.15, 0.2) is 35.4 Å². The minimum absolute atomic E-state index is 0.0923. The quantitative estimate of drug-likeness (QED) is 0.531. The van der Waals surface area contributed by atoms with Gasteiger partial charge in [0, 0.05) is 21.6 Å². The highest BCUT2D eigenvalue weighted by Gasteiger charge is 2.21. The van der Waals surface area contributed by atoms with Crippen molar-refractivity contribution < 1.29 is 9.90 Å². The molecule has 4 rings (SSSR count). The van der Waals surface area contributed by atoms with E-state index >= 15 is 0 Å². The molecule has 0 unspecified atom stereocenters. The van der Waals surface area contributed by atoms with Gasteiger partial charge in [0.1, 0.15) is 9.86 Å². The van der Waals surface area contributed by atoms with Gasteiger partial charge in [0.25, 0.3) is 0 Å². The van der Waals surface area contributed by atoms with Crippen molar-refractivity contribution in [2.75, 3.05) is 5.75 Å². The van der Waals surface area contributed by atoms with Crippen LogP contribution < -0.4 is 5.11 Å². The van der Waals surface area contributed by atoms with Crippen molar-refractivity contribution in [2.24, 2.45) is 0 Å². The number of carboxylic acids is 1. The lowest BCUT2D eigenvalue weighted by Gasteiger charge is -2.12. The van der Waals surface area contributed by atoms with Crippen LogP contribution in [0.4, 0.5) is 0 Å². The number of nitrogens with zero attached hydrogens (tertiary/aromatic N) is 2. The Bertz CT molecular complexity index is 906. The lowest BCUT2D eigenvalue weighted by molar-refractivity contribution is -0.301. The molecule has 6 heteroatoms. The van der Waals surface area contributed by atoms with Crippen LogP contribution in [0.5, 0.6) is 0 Å². The van der Waals surface area contributed by atoms with E-state index in [0.29, 0.717) is 5.82 Å². The van der Waals surface area contributed by atoms with Gasteiger partial charge in [-0.1, -0.05) is 42.1 Å². The Morgan fingerprint density at radius 1 is 1.17 bits per heavy atom. The molecule has 0 atom stereocenters. The zero-order valence-electron chi connectivity index (χ0n) is 12.9. The molecule has 0 spiro atoms.